The normalized spacial score (nSPS) is 14.0. The van der Waals surface area contributed by atoms with Gasteiger partial charge in [-0.2, -0.15) is 0 Å². The molecule has 226 valence electrons. The Bertz CT molecular complexity index is 603. The van der Waals surface area contributed by atoms with E-state index in [-0.39, 0.29) is 32.3 Å². The van der Waals surface area contributed by atoms with E-state index in [0.29, 0.717) is 6.42 Å². The first-order valence-corrected chi connectivity index (χ1v) is 16.7. The smallest absolute Gasteiger partial charge is 0.472 e. The highest BCUT2D eigenvalue weighted by molar-refractivity contribution is 7.47. The van der Waals surface area contributed by atoms with Crippen molar-refractivity contribution in [2.24, 2.45) is 5.73 Å². The predicted octanol–water partition coefficient (Wildman–Crippen LogP) is 7.97. The minimum Gasteiger partial charge on any atom is -0.498 e. The Balaban J connectivity index is 4.26. The van der Waals surface area contributed by atoms with Crippen LogP contribution >= 0.6 is 7.82 Å². The van der Waals surface area contributed by atoms with Crippen molar-refractivity contribution in [2.45, 2.75) is 142 Å². The molecular weight excluding hydrogens is 505 g/mol. The first kappa shape index (κ1) is 37.1. The molecule has 0 radical (unpaired) electrons. The second kappa shape index (κ2) is 27.6. The van der Waals surface area contributed by atoms with Crippen LogP contribution in [0.4, 0.5) is 0 Å². The minimum absolute atomic E-state index is 0.0360. The summed E-state index contributed by atoms with van der Waals surface area (Å²) in [4.78, 5) is 22.1. The molecule has 1 unspecified atom stereocenters. The van der Waals surface area contributed by atoms with Gasteiger partial charge in [-0.3, -0.25) is 13.8 Å². The van der Waals surface area contributed by atoms with Crippen LogP contribution in [0.15, 0.2) is 12.3 Å². The van der Waals surface area contributed by atoms with Gasteiger partial charge in [0.05, 0.1) is 19.5 Å². The molecule has 8 nitrogen and oxygen atoms in total. The van der Waals surface area contributed by atoms with Crippen LogP contribution in [0, 0.1) is 0 Å². The van der Waals surface area contributed by atoms with Crippen molar-refractivity contribution < 1.29 is 32.8 Å². The van der Waals surface area contributed by atoms with Crippen LogP contribution in [0.5, 0.6) is 0 Å². The number of unbranched alkanes of at least 4 members (excludes halogenated alkanes) is 16. The van der Waals surface area contributed by atoms with Crippen molar-refractivity contribution in [1.29, 1.82) is 0 Å². The largest absolute Gasteiger partial charge is 0.498 e. The third-order valence-corrected chi connectivity index (χ3v) is 7.26. The quantitative estimate of drug-likeness (QED) is 0.0407. The zero-order chi connectivity index (χ0) is 28.2. The summed E-state index contributed by atoms with van der Waals surface area (Å²) >= 11 is 0. The van der Waals surface area contributed by atoms with Gasteiger partial charge in [-0.1, -0.05) is 110 Å². The summed E-state index contributed by atoms with van der Waals surface area (Å²) in [6.07, 6.45) is 24.6. The molecule has 0 bridgehead atoms. The first-order valence-electron chi connectivity index (χ1n) is 15.2. The number of ether oxygens (including phenoxy) is 2. The van der Waals surface area contributed by atoms with Crippen molar-refractivity contribution in [1.82, 2.24) is 0 Å². The number of hydrogen-bond acceptors (Lipinski definition) is 7. The van der Waals surface area contributed by atoms with Gasteiger partial charge in [0.2, 0.25) is 0 Å². The fraction of sp³-hybridized carbons (Fsp3) is 0.897. The summed E-state index contributed by atoms with van der Waals surface area (Å²) in [5.74, 6) is -0.358. The highest BCUT2D eigenvalue weighted by Gasteiger charge is 2.25. The molecule has 0 aromatic carbocycles. The molecule has 0 spiro atoms. The van der Waals surface area contributed by atoms with Gasteiger partial charge in [-0.25, -0.2) is 4.57 Å². The summed E-state index contributed by atoms with van der Waals surface area (Å²) < 4.78 is 32.7. The van der Waals surface area contributed by atoms with Gasteiger partial charge in [-0.05, 0) is 25.3 Å². The van der Waals surface area contributed by atoms with E-state index in [0.717, 1.165) is 32.1 Å². The zero-order valence-corrected chi connectivity index (χ0v) is 25.3. The second-order valence-electron chi connectivity index (χ2n) is 10.0. The summed E-state index contributed by atoms with van der Waals surface area (Å²) in [5.41, 5.74) is 5.31. The molecule has 0 fully saturated rings. The molecule has 0 rings (SSSR count). The molecule has 0 amide bonds. The van der Waals surface area contributed by atoms with E-state index in [2.05, 4.69) is 13.8 Å². The number of allylic oxidation sites excluding steroid dienone is 1. The molecule has 0 aliphatic heterocycles. The summed E-state index contributed by atoms with van der Waals surface area (Å²) in [6.45, 7) is 4.18. The van der Waals surface area contributed by atoms with E-state index in [4.69, 9.17) is 24.3 Å². The van der Waals surface area contributed by atoms with Crippen LogP contribution in [-0.4, -0.2) is 43.3 Å². The molecule has 0 aliphatic carbocycles. The maximum atomic E-state index is 12.3. The number of nitrogens with two attached hydrogens (primary N) is 1. The van der Waals surface area contributed by atoms with Crippen molar-refractivity contribution in [3.63, 3.8) is 0 Å². The Morgan fingerprint density at radius 1 is 0.789 bits per heavy atom. The van der Waals surface area contributed by atoms with Crippen molar-refractivity contribution in [3.8, 4) is 0 Å². The molecule has 0 aromatic rings. The highest BCUT2D eigenvalue weighted by atomic mass is 31.2. The lowest BCUT2D eigenvalue weighted by molar-refractivity contribution is -0.153. The molecule has 0 heterocycles. The Hall–Kier alpha value is -0.920. The molecule has 0 aromatic heterocycles. The molecule has 0 aliphatic rings. The molecule has 0 saturated heterocycles. The second-order valence-corrected chi connectivity index (χ2v) is 11.5. The fourth-order valence-electron chi connectivity index (χ4n) is 4.02. The third-order valence-electron chi connectivity index (χ3n) is 6.28. The van der Waals surface area contributed by atoms with E-state index in [1.165, 1.54) is 83.5 Å². The van der Waals surface area contributed by atoms with Crippen molar-refractivity contribution in [3.05, 3.63) is 12.3 Å². The summed E-state index contributed by atoms with van der Waals surface area (Å²) in [6, 6.07) is 0. The SMILES string of the molecule is CCCCCCCCCC/C=C\OC[C@H](COP(=O)(O)OCCN)OC(=O)CCCCCCCCCCC. The van der Waals surface area contributed by atoms with Crippen LogP contribution in [0.25, 0.3) is 0 Å². The van der Waals surface area contributed by atoms with Gasteiger partial charge in [0.1, 0.15) is 6.61 Å². The van der Waals surface area contributed by atoms with Gasteiger partial charge in [-0.15, -0.1) is 0 Å². The number of carbonyl (C=O) groups excluding carboxylic acids is 1. The molecule has 2 atom stereocenters. The zero-order valence-electron chi connectivity index (χ0n) is 24.4. The Kier molecular flexibility index (Phi) is 27.0. The minimum atomic E-state index is -4.27. The van der Waals surface area contributed by atoms with Crippen LogP contribution < -0.4 is 5.73 Å². The Morgan fingerprint density at radius 2 is 1.32 bits per heavy atom. The molecule has 3 N–H and O–H groups in total. The maximum absolute atomic E-state index is 12.3. The molecule has 38 heavy (non-hydrogen) atoms. The number of esters is 1. The molecule has 9 heteroatoms. The average molecular weight is 564 g/mol. The third kappa shape index (κ3) is 26.7. The predicted molar refractivity (Wildman–Crippen MR) is 155 cm³/mol. The van der Waals surface area contributed by atoms with E-state index in [1.54, 1.807) is 6.26 Å². The van der Waals surface area contributed by atoms with Gasteiger partial charge in [0, 0.05) is 13.0 Å². The van der Waals surface area contributed by atoms with E-state index < -0.39 is 13.9 Å². The van der Waals surface area contributed by atoms with E-state index >= 15 is 0 Å². The number of phosphoric acid groups is 1. The Morgan fingerprint density at radius 3 is 1.87 bits per heavy atom. The lowest BCUT2D eigenvalue weighted by Gasteiger charge is -2.19. The van der Waals surface area contributed by atoms with E-state index in [9.17, 15) is 14.3 Å². The molecule has 0 saturated carbocycles. The average Bonchev–Trinajstić information content (AvgIpc) is 2.90. The molecular formula is C29H58NO7P. The monoisotopic (exact) mass is 563 g/mol. The standard InChI is InChI=1S/C29H58NO7P/c1-3-5-7-9-11-13-15-17-19-21-24-34-26-28(27-36-38(32,33)35-25-23-30)37-29(31)22-20-18-16-14-12-10-8-6-4-2/h21,24,28H,3-20,22-23,25-27,30H2,1-2H3,(H,32,33)/b24-21-/t28-/m1/s1. The lowest BCUT2D eigenvalue weighted by Crippen LogP contribution is -2.27. The maximum Gasteiger partial charge on any atom is 0.472 e. The first-order chi connectivity index (χ1) is 18.4. The summed E-state index contributed by atoms with van der Waals surface area (Å²) in [7, 11) is -4.27. The topological polar surface area (TPSA) is 117 Å². The van der Waals surface area contributed by atoms with Crippen molar-refractivity contribution in [2.75, 3.05) is 26.4 Å². The highest BCUT2D eigenvalue weighted by Crippen LogP contribution is 2.43. The van der Waals surface area contributed by atoms with Crippen LogP contribution in [0.2, 0.25) is 0 Å². The fourth-order valence-corrected chi connectivity index (χ4v) is 4.78. The van der Waals surface area contributed by atoms with Crippen LogP contribution in [0.1, 0.15) is 136 Å². The number of carbonyl (C=O) groups is 1. The van der Waals surface area contributed by atoms with Crippen LogP contribution in [0.3, 0.4) is 0 Å². The van der Waals surface area contributed by atoms with Gasteiger partial charge < -0.3 is 20.1 Å². The van der Waals surface area contributed by atoms with Crippen LogP contribution in [-0.2, 0) is 27.9 Å². The van der Waals surface area contributed by atoms with E-state index in [1.807, 2.05) is 6.08 Å². The number of rotatable bonds is 29. The van der Waals surface area contributed by atoms with Crippen molar-refractivity contribution >= 4 is 13.8 Å². The Labute approximate surface area is 233 Å². The van der Waals surface area contributed by atoms with Gasteiger partial charge in [0.25, 0.3) is 0 Å². The summed E-state index contributed by atoms with van der Waals surface area (Å²) in [5, 5.41) is 0. The van der Waals surface area contributed by atoms with Gasteiger partial charge in [0.15, 0.2) is 6.10 Å². The van der Waals surface area contributed by atoms with Gasteiger partial charge >= 0.3 is 13.8 Å². The number of phosphoric ester groups is 1. The lowest BCUT2D eigenvalue weighted by atomic mass is 10.1. The number of hydrogen-bond donors (Lipinski definition) is 2.